The van der Waals surface area contributed by atoms with Crippen molar-refractivity contribution in [3.63, 3.8) is 0 Å². The maximum absolute atomic E-state index is 15.3. The summed E-state index contributed by atoms with van der Waals surface area (Å²) in [6.45, 7) is 5.98. The number of carboxylic acid groups (broad SMARTS) is 1. The molecule has 57 nitrogen and oxygen atoms in total. The molecular weight excluding hydrogens is 1880 g/mol. The molecule has 6 saturated heterocycles. The molecule has 57 heteroatoms. The van der Waals surface area contributed by atoms with Crippen LogP contribution < -0.4 is 142 Å². The number of guanidine groups is 8. The van der Waals surface area contributed by atoms with Gasteiger partial charge >= 0.3 is 5.97 Å². The number of aliphatic carboxylic acids is 1. The highest BCUT2D eigenvalue weighted by Crippen LogP contribution is 2.30. The van der Waals surface area contributed by atoms with Gasteiger partial charge in [-0.2, -0.15) is 0 Å². The standard InChI is InChI=1S/C87H156N40O17/c1-47(2)46-57(77(141)125-43-15-28-60(125)71(135)118-53(22-8-36-109-84(97)98)74(138)123-41-13-27-59(123)69(133)117-54(23-9-37-110-85(99)100)75(139)124-42-14-29-61(124)72(136)120-56(79(143)144)25-11-39-112-87(103)104)121-67(131)51(20-6-34-107-82(93)94)115-68(132)62-30-16-44-126(62)78(142)63-31-17-45-127(63)76(140)55(24-10-38-111-86(101)102)119-70(134)58-26-12-40-122(58)73(137)52(21-7-35-108-83(95)96)116-64(128)48(3)113-66(130)50(19-5-33-106-81(91)92)114-65(129)49(88)18-4-32-105-80(89)90/h47-63H,4-46,88H2,1-3H3,(H,113,130)(H,114,129)(H,115,132)(H,116,128)(H,117,133)(H,118,135)(H,119,134)(H,120,136)(H,121,131)(H,143,144)(H4,89,90,105)(H4,91,92,106)(H4,93,94,107)(H4,95,96,108)(H4,97,98,109)(H4,99,100,110)(H4,101,102,111)(H4,103,104,112)/t48-,49-,50-,51-,52-,53-,54-,55-,56-,57-,58-,59-,60-,61-,62-,63-/m0/s1. The molecule has 6 aliphatic rings. The molecule has 0 radical (unpaired) electrons. The molecule has 6 rings (SSSR count). The van der Waals surface area contributed by atoms with E-state index in [0.29, 0.717) is 38.5 Å². The van der Waals surface area contributed by atoms with Gasteiger partial charge in [0.1, 0.15) is 90.6 Å². The molecule has 144 heavy (non-hydrogen) atoms. The first-order chi connectivity index (χ1) is 68.3. The number of nitrogens with zero attached hydrogens (tertiary/aromatic N) is 6. The minimum absolute atomic E-state index is 0.00747. The Morgan fingerprint density at radius 1 is 0.271 bits per heavy atom. The molecule has 0 aliphatic carbocycles. The summed E-state index contributed by atoms with van der Waals surface area (Å²) >= 11 is 0. The molecule has 0 spiro atoms. The minimum Gasteiger partial charge on any atom is -0.480 e. The van der Waals surface area contributed by atoms with E-state index < -0.39 is 191 Å². The number of nitrogens with one attached hydrogen (secondary N) is 25. The first-order valence-corrected chi connectivity index (χ1v) is 49.5. The second kappa shape index (κ2) is 60.2. The third kappa shape index (κ3) is 38.8. The van der Waals surface area contributed by atoms with E-state index in [9.17, 15) is 53.1 Å². The summed E-state index contributed by atoms with van der Waals surface area (Å²) in [7, 11) is 0. The fraction of sp³-hybridized carbons (Fsp3) is 0.724. The monoisotopic (exact) mass is 2030 g/mol. The lowest BCUT2D eigenvalue weighted by atomic mass is 10.0. The fourth-order valence-corrected chi connectivity index (χ4v) is 18.5. The van der Waals surface area contributed by atoms with Crippen LogP contribution in [-0.4, -0.2) is 365 Å². The van der Waals surface area contributed by atoms with Crippen LogP contribution in [0.15, 0.2) is 0 Å². The van der Waals surface area contributed by atoms with Crippen LogP contribution in [0.1, 0.15) is 207 Å². The number of rotatable bonds is 59. The van der Waals surface area contributed by atoms with E-state index >= 15 is 28.8 Å². The highest BCUT2D eigenvalue weighted by atomic mass is 16.4. The number of hydrogen-bond acceptors (Lipinski definition) is 25. The summed E-state index contributed by atoms with van der Waals surface area (Å²) in [5.41, 5.74) is 50.4. The van der Waals surface area contributed by atoms with Crippen LogP contribution in [0.2, 0.25) is 0 Å². The molecule has 0 aromatic heterocycles. The van der Waals surface area contributed by atoms with Gasteiger partial charge in [-0.25, -0.2) is 4.79 Å². The SMILES string of the molecule is CC(C)C[C@H](NC(=O)[C@H](CCCNC(=N)N)NC(=O)[C@@H]1CCCN1C(=O)[C@@H]1CCCN1C(=O)[C@H](CCCNC(=N)N)NC(=O)[C@@H]1CCCN1C(=O)[C@H](CCCNC(=N)N)NC(=O)[C@H](C)NC(=O)[C@H](CCCNC(=N)N)NC(=O)[C@@H](N)CCCNC(=N)N)C(=O)N1CCC[C@H]1C(=O)N[C@@H](CCCNC(=N)N)C(=O)N1CCC[C@H]1C(=O)N[C@@H](CCCNC(=N)N)C(=O)N1CCC[C@H]1C(=O)N[C@@H](CCCNC(=N)N)C(=O)O. The van der Waals surface area contributed by atoms with E-state index in [1.165, 1.54) is 36.3 Å². The van der Waals surface area contributed by atoms with E-state index in [4.69, 9.17) is 94.9 Å². The summed E-state index contributed by atoms with van der Waals surface area (Å²) in [5.74, 6) is -15.5. The van der Waals surface area contributed by atoms with Crippen molar-refractivity contribution >= 4 is 142 Å². The topological polar surface area (TPSA) is 942 Å². The Morgan fingerprint density at radius 3 is 0.785 bits per heavy atom. The Kier molecular flexibility index (Phi) is 49.4. The number of carboxylic acids is 1. The Balaban J connectivity index is 1.18. The lowest BCUT2D eigenvalue weighted by Crippen LogP contribution is -2.60. The lowest BCUT2D eigenvalue weighted by Gasteiger charge is -2.34. The lowest BCUT2D eigenvalue weighted by molar-refractivity contribution is -0.148. The Bertz CT molecular complexity index is 4510. The zero-order valence-corrected chi connectivity index (χ0v) is 82.6. The molecular formula is C87H156N40O17. The van der Waals surface area contributed by atoms with Crippen molar-refractivity contribution in [3.05, 3.63) is 0 Å². The quantitative estimate of drug-likeness (QED) is 0.0153. The van der Waals surface area contributed by atoms with E-state index in [1.54, 1.807) is 13.8 Å². The van der Waals surface area contributed by atoms with E-state index in [2.05, 4.69) is 90.4 Å². The van der Waals surface area contributed by atoms with Crippen molar-refractivity contribution in [1.82, 2.24) is 120 Å². The van der Waals surface area contributed by atoms with Crippen LogP contribution in [0, 0.1) is 49.2 Å². The largest absolute Gasteiger partial charge is 0.480 e. The van der Waals surface area contributed by atoms with Crippen molar-refractivity contribution in [1.29, 1.82) is 43.3 Å². The predicted octanol–water partition coefficient (Wildman–Crippen LogP) is -10.1. The van der Waals surface area contributed by atoms with Crippen LogP contribution in [0.5, 0.6) is 0 Å². The molecule has 0 saturated carbocycles. The summed E-state index contributed by atoms with van der Waals surface area (Å²) in [5, 5.41) is 117. The number of nitrogens with two attached hydrogens (primary N) is 9. The zero-order chi connectivity index (χ0) is 107. The van der Waals surface area contributed by atoms with Gasteiger partial charge in [-0.1, -0.05) is 13.8 Å². The van der Waals surface area contributed by atoms with Gasteiger partial charge < -0.3 is 176 Å². The molecule has 0 aromatic rings. The molecule has 0 unspecified atom stereocenters. The number of hydrogen-bond donors (Lipinski definition) is 35. The number of amides is 15. The van der Waals surface area contributed by atoms with E-state index in [0.717, 1.165) is 0 Å². The molecule has 0 aromatic carbocycles. The first-order valence-electron chi connectivity index (χ1n) is 49.5. The molecule has 806 valence electrons. The van der Waals surface area contributed by atoms with Gasteiger partial charge in [0.2, 0.25) is 88.6 Å². The van der Waals surface area contributed by atoms with Crippen molar-refractivity contribution in [2.45, 2.75) is 304 Å². The second-order valence-corrected chi connectivity index (χ2v) is 37.3. The van der Waals surface area contributed by atoms with Gasteiger partial charge in [-0.3, -0.25) is 115 Å². The molecule has 0 bridgehead atoms. The van der Waals surface area contributed by atoms with Crippen LogP contribution in [-0.2, 0) is 76.7 Å². The summed E-state index contributed by atoms with van der Waals surface area (Å²) in [6, 6.07) is -20.5. The van der Waals surface area contributed by atoms with Gasteiger partial charge in [-0.05, 0) is 199 Å². The molecule has 44 N–H and O–H groups in total. The van der Waals surface area contributed by atoms with Crippen molar-refractivity contribution in [3.8, 4) is 0 Å². The summed E-state index contributed by atoms with van der Waals surface area (Å²) < 4.78 is 0. The third-order valence-corrected chi connectivity index (χ3v) is 25.7. The maximum Gasteiger partial charge on any atom is 0.326 e. The number of carbonyl (C=O) groups is 16. The van der Waals surface area contributed by atoms with Crippen molar-refractivity contribution in [2.75, 3.05) is 91.6 Å². The van der Waals surface area contributed by atoms with Crippen LogP contribution in [0.4, 0.5) is 0 Å². The van der Waals surface area contributed by atoms with Crippen LogP contribution >= 0.6 is 0 Å². The van der Waals surface area contributed by atoms with Gasteiger partial charge in [0.05, 0.1) is 6.04 Å². The maximum atomic E-state index is 15.3. The highest BCUT2D eigenvalue weighted by Gasteiger charge is 2.49. The summed E-state index contributed by atoms with van der Waals surface area (Å²) in [4.78, 5) is 241. The van der Waals surface area contributed by atoms with E-state index in [1.807, 2.05) is 0 Å². The minimum atomic E-state index is -1.42. The third-order valence-electron chi connectivity index (χ3n) is 25.7. The van der Waals surface area contributed by atoms with Gasteiger partial charge in [0, 0.05) is 91.6 Å². The highest BCUT2D eigenvalue weighted by molar-refractivity contribution is 6.02. The molecule has 6 aliphatic heterocycles. The van der Waals surface area contributed by atoms with Crippen LogP contribution in [0.3, 0.4) is 0 Å². The van der Waals surface area contributed by atoms with E-state index in [-0.39, 0.29) is 293 Å². The zero-order valence-electron chi connectivity index (χ0n) is 82.6. The van der Waals surface area contributed by atoms with Gasteiger partial charge in [-0.15, -0.1) is 0 Å². The molecule has 15 amide bonds. The Labute approximate surface area is 836 Å². The average Bonchev–Trinajstić information content (AvgIpc) is 1.63. The van der Waals surface area contributed by atoms with Crippen molar-refractivity contribution in [2.24, 2.45) is 57.5 Å². The predicted molar refractivity (Wildman–Crippen MR) is 530 cm³/mol. The molecule has 6 fully saturated rings. The number of carbonyl (C=O) groups excluding carboxylic acids is 15. The van der Waals surface area contributed by atoms with Crippen molar-refractivity contribution < 1.29 is 81.8 Å². The molecule has 6 heterocycles. The average molecular weight is 2030 g/mol. The second-order valence-electron chi connectivity index (χ2n) is 37.3. The normalized spacial score (nSPS) is 19.5. The fourth-order valence-electron chi connectivity index (χ4n) is 18.5. The van der Waals surface area contributed by atoms with Gasteiger partial charge in [0.15, 0.2) is 47.7 Å². The smallest absolute Gasteiger partial charge is 0.326 e. The molecule has 16 atom stereocenters. The first kappa shape index (κ1) is 118. The Hall–Kier alpha value is -14.4. The Morgan fingerprint density at radius 2 is 0.486 bits per heavy atom. The van der Waals surface area contributed by atoms with Gasteiger partial charge in [0.25, 0.3) is 0 Å². The van der Waals surface area contributed by atoms with Crippen LogP contribution in [0.25, 0.3) is 0 Å². The summed E-state index contributed by atoms with van der Waals surface area (Å²) in [6.07, 6.45) is 3.64. The number of likely N-dealkylation sites (tertiary alicyclic amines) is 6.